The van der Waals surface area contributed by atoms with Crippen LogP contribution >= 0.6 is 0 Å². The van der Waals surface area contributed by atoms with Crippen molar-refractivity contribution in [1.82, 2.24) is 5.43 Å². The van der Waals surface area contributed by atoms with Crippen molar-refractivity contribution in [2.75, 3.05) is 0 Å². The molecule has 2 aromatic carbocycles. The maximum Gasteiger partial charge on any atom is 0.261 e. The molecular formula is C18H15N3O. The molecule has 0 unspecified atom stereocenters. The van der Waals surface area contributed by atoms with Gasteiger partial charge in [-0.2, -0.15) is 10.4 Å². The van der Waals surface area contributed by atoms with Gasteiger partial charge in [-0.3, -0.25) is 4.79 Å². The monoisotopic (exact) mass is 289 g/mol. The zero-order valence-electron chi connectivity index (χ0n) is 11.9. The van der Waals surface area contributed by atoms with E-state index in [0.29, 0.717) is 5.56 Å². The lowest BCUT2D eigenvalue weighted by atomic mass is 10.0. The van der Waals surface area contributed by atoms with Gasteiger partial charge in [0.1, 0.15) is 0 Å². The molecule has 108 valence electrons. The molecule has 4 heteroatoms. The van der Waals surface area contributed by atoms with Gasteiger partial charge in [-0.25, -0.2) is 5.43 Å². The summed E-state index contributed by atoms with van der Waals surface area (Å²) in [5.74, 6) is -1.31. The Morgan fingerprint density at radius 2 is 1.73 bits per heavy atom. The predicted molar refractivity (Wildman–Crippen MR) is 86.9 cm³/mol. The van der Waals surface area contributed by atoms with Gasteiger partial charge in [0.25, 0.3) is 5.91 Å². The third-order valence-corrected chi connectivity index (χ3v) is 2.95. The SMILES string of the molecule is N#C[C@H](C(=O)N/N=C\C=C\c1ccccc1)c1ccccc1. The second kappa shape index (κ2) is 8.18. The summed E-state index contributed by atoms with van der Waals surface area (Å²) < 4.78 is 0. The molecule has 22 heavy (non-hydrogen) atoms. The molecule has 1 N–H and O–H groups in total. The van der Waals surface area contributed by atoms with Gasteiger partial charge < -0.3 is 0 Å². The average molecular weight is 289 g/mol. The Kier molecular flexibility index (Phi) is 5.65. The van der Waals surface area contributed by atoms with E-state index in [2.05, 4.69) is 10.5 Å². The molecule has 0 saturated heterocycles. The highest BCUT2D eigenvalue weighted by molar-refractivity contribution is 5.87. The van der Waals surface area contributed by atoms with Gasteiger partial charge in [0.15, 0.2) is 5.92 Å². The summed E-state index contributed by atoms with van der Waals surface area (Å²) in [6, 6.07) is 20.6. The summed E-state index contributed by atoms with van der Waals surface area (Å²) in [5.41, 5.74) is 4.07. The number of amides is 1. The third-order valence-electron chi connectivity index (χ3n) is 2.95. The quantitative estimate of drug-likeness (QED) is 0.679. The van der Waals surface area contributed by atoms with Crippen molar-refractivity contribution >= 4 is 18.2 Å². The Morgan fingerprint density at radius 1 is 1.09 bits per heavy atom. The molecule has 1 amide bonds. The molecule has 0 aliphatic rings. The second-order valence-corrected chi connectivity index (χ2v) is 4.50. The number of hydrazone groups is 1. The van der Waals surface area contributed by atoms with Crippen molar-refractivity contribution in [1.29, 1.82) is 5.26 Å². The molecule has 0 spiro atoms. The molecule has 0 aromatic heterocycles. The molecule has 1 atom stereocenters. The lowest BCUT2D eigenvalue weighted by molar-refractivity contribution is -0.121. The minimum absolute atomic E-state index is 0.446. The van der Waals surface area contributed by atoms with E-state index in [1.807, 2.05) is 48.5 Å². The van der Waals surface area contributed by atoms with Crippen LogP contribution in [0.4, 0.5) is 0 Å². The van der Waals surface area contributed by atoms with Gasteiger partial charge in [-0.15, -0.1) is 0 Å². The number of benzene rings is 2. The maximum absolute atomic E-state index is 11.9. The number of hydrogen-bond donors (Lipinski definition) is 1. The largest absolute Gasteiger partial charge is 0.271 e. The van der Waals surface area contributed by atoms with Crippen molar-refractivity contribution in [3.63, 3.8) is 0 Å². The normalized spacial score (nSPS) is 12.1. The van der Waals surface area contributed by atoms with E-state index in [1.54, 1.807) is 30.3 Å². The van der Waals surface area contributed by atoms with Crippen molar-refractivity contribution in [2.45, 2.75) is 5.92 Å². The van der Waals surface area contributed by atoms with Gasteiger partial charge in [0.05, 0.1) is 6.07 Å². The summed E-state index contributed by atoms with van der Waals surface area (Å²) in [5, 5.41) is 12.9. The summed E-state index contributed by atoms with van der Waals surface area (Å²) >= 11 is 0. The van der Waals surface area contributed by atoms with Crippen molar-refractivity contribution in [3.8, 4) is 6.07 Å². The molecule has 2 rings (SSSR count). The summed E-state index contributed by atoms with van der Waals surface area (Å²) in [7, 11) is 0. The zero-order valence-corrected chi connectivity index (χ0v) is 11.9. The van der Waals surface area contributed by atoms with Gasteiger partial charge >= 0.3 is 0 Å². The van der Waals surface area contributed by atoms with Crippen LogP contribution < -0.4 is 5.43 Å². The first-order chi connectivity index (χ1) is 10.8. The summed E-state index contributed by atoms with van der Waals surface area (Å²) in [6.07, 6.45) is 5.07. The smallest absolute Gasteiger partial charge is 0.261 e. The number of carbonyl (C=O) groups excluding carboxylic acids is 1. The van der Waals surface area contributed by atoms with Crippen LogP contribution in [0, 0.1) is 11.3 Å². The van der Waals surface area contributed by atoms with E-state index < -0.39 is 11.8 Å². The highest BCUT2D eigenvalue weighted by Crippen LogP contribution is 2.14. The van der Waals surface area contributed by atoms with Crippen LogP contribution in [0.1, 0.15) is 17.0 Å². The Morgan fingerprint density at radius 3 is 2.36 bits per heavy atom. The van der Waals surface area contributed by atoms with Gasteiger partial charge in [-0.05, 0) is 17.2 Å². The highest BCUT2D eigenvalue weighted by atomic mass is 16.2. The van der Waals surface area contributed by atoms with Crippen LogP contribution in [0.3, 0.4) is 0 Å². The fourth-order valence-electron chi connectivity index (χ4n) is 1.86. The molecule has 0 aliphatic carbocycles. The lowest BCUT2D eigenvalue weighted by Crippen LogP contribution is -2.24. The number of hydrogen-bond acceptors (Lipinski definition) is 3. The topological polar surface area (TPSA) is 65.2 Å². The van der Waals surface area contributed by atoms with Gasteiger partial charge in [0.2, 0.25) is 0 Å². The van der Waals surface area contributed by atoms with E-state index in [9.17, 15) is 4.79 Å². The van der Waals surface area contributed by atoms with Crippen molar-refractivity contribution in [2.24, 2.45) is 5.10 Å². The van der Waals surface area contributed by atoms with Gasteiger partial charge in [0, 0.05) is 6.21 Å². The second-order valence-electron chi connectivity index (χ2n) is 4.50. The van der Waals surface area contributed by atoms with Crippen LogP contribution in [0.25, 0.3) is 6.08 Å². The number of rotatable bonds is 5. The molecule has 2 aromatic rings. The van der Waals surface area contributed by atoms with Gasteiger partial charge in [-0.1, -0.05) is 66.7 Å². The molecule has 0 radical (unpaired) electrons. The van der Waals surface area contributed by atoms with Crippen LogP contribution in [-0.2, 0) is 4.79 Å². The number of carbonyl (C=O) groups is 1. The molecule has 0 fully saturated rings. The molecule has 0 saturated carbocycles. The van der Waals surface area contributed by atoms with Crippen LogP contribution in [0.5, 0.6) is 0 Å². The standard InChI is InChI=1S/C18H15N3O/c19-14-17(16-11-5-2-6-12-16)18(22)21-20-13-7-10-15-8-3-1-4-9-15/h1-13,17H,(H,21,22)/b10-7+,20-13-/t17-/m0/s1. The average Bonchev–Trinajstić information content (AvgIpc) is 2.57. The fourth-order valence-corrected chi connectivity index (χ4v) is 1.86. The van der Waals surface area contributed by atoms with E-state index in [1.165, 1.54) is 6.21 Å². The predicted octanol–water partition coefficient (Wildman–Crippen LogP) is 3.11. The number of nitrogens with zero attached hydrogens (tertiary/aromatic N) is 2. The van der Waals surface area contributed by atoms with E-state index in [4.69, 9.17) is 5.26 Å². The molecule has 0 aliphatic heterocycles. The Hall–Kier alpha value is -3.19. The van der Waals surface area contributed by atoms with E-state index >= 15 is 0 Å². The summed E-state index contributed by atoms with van der Waals surface area (Å²) in [4.78, 5) is 11.9. The van der Waals surface area contributed by atoms with Crippen LogP contribution in [-0.4, -0.2) is 12.1 Å². The first kappa shape index (κ1) is 15.2. The zero-order chi connectivity index (χ0) is 15.6. The number of nitriles is 1. The van der Waals surface area contributed by atoms with Crippen LogP contribution in [0.15, 0.2) is 71.8 Å². The maximum atomic E-state index is 11.9. The van der Waals surface area contributed by atoms with Crippen molar-refractivity contribution in [3.05, 3.63) is 77.9 Å². The Balaban J connectivity index is 1.91. The van der Waals surface area contributed by atoms with E-state index in [0.717, 1.165) is 5.56 Å². The Bertz CT molecular complexity index is 700. The van der Waals surface area contributed by atoms with Crippen LogP contribution in [0.2, 0.25) is 0 Å². The first-order valence-electron chi connectivity index (χ1n) is 6.80. The number of nitrogens with one attached hydrogen (secondary N) is 1. The minimum atomic E-state index is -0.864. The molecule has 0 bridgehead atoms. The minimum Gasteiger partial charge on any atom is -0.271 e. The van der Waals surface area contributed by atoms with E-state index in [-0.39, 0.29) is 0 Å². The van der Waals surface area contributed by atoms with Crippen molar-refractivity contribution < 1.29 is 4.79 Å². The lowest BCUT2D eigenvalue weighted by Gasteiger charge is -2.06. The molecule has 4 nitrogen and oxygen atoms in total. The molecule has 0 heterocycles. The third kappa shape index (κ3) is 4.43. The fraction of sp³-hybridized carbons (Fsp3) is 0.0556. The highest BCUT2D eigenvalue weighted by Gasteiger charge is 2.18. The molecular weight excluding hydrogens is 274 g/mol. The summed E-state index contributed by atoms with van der Waals surface area (Å²) in [6.45, 7) is 0. The first-order valence-corrected chi connectivity index (χ1v) is 6.80. The Labute approximate surface area is 129 Å². The number of allylic oxidation sites excluding steroid dienone is 1.